The number of ether oxygens (including phenoxy) is 1. The van der Waals surface area contributed by atoms with E-state index in [9.17, 15) is 19.8 Å². The van der Waals surface area contributed by atoms with Gasteiger partial charge < -0.3 is 25.2 Å². The van der Waals surface area contributed by atoms with Crippen LogP contribution in [-0.2, 0) is 9.53 Å². The van der Waals surface area contributed by atoms with Gasteiger partial charge in [0.25, 0.3) is 0 Å². The molecule has 0 aromatic carbocycles. The molecule has 0 radical (unpaired) electrons. The average Bonchev–Trinajstić information content (AvgIpc) is 2.77. The van der Waals surface area contributed by atoms with E-state index in [4.69, 9.17) is 4.74 Å². The normalized spacial score (nSPS) is 38.1. The Labute approximate surface area is 186 Å². The van der Waals surface area contributed by atoms with Crippen molar-refractivity contribution in [2.75, 3.05) is 26.2 Å². The molecule has 1 saturated heterocycles. The van der Waals surface area contributed by atoms with E-state index in [1.807, 2.05) is 11.8 Å². The molecular formula is C24H40N2O5. The molecular weight excluding hydrogens is 396 g/mol. The molecule has 31 heavy (non-hydrogen) atoms. The van der Waals surface area contributed by atoms with Crippen LogP contribution in [0.25, 0.3) is 0 Å². The van der Waals surface area contributed by atoms with E-state index >= 15 is 0 Å². The van der Waals surface area contributed by atoms with Gasteiger partial charge in [0.05, 0.1) is 12.7 Å². The van der Waals surface area contributed by atoms with E-state index in [-0.39, 0.29) is 29.8 Å². The summed E-state index contributed by atoms with van der Waals surface area (Å²) in [5.74, 6) is 0.0408. The third-order valence-electron chi connectivity index (χ3n) is 8.42. The molecule has 3 rings (SSSR count). The van der Waals surface area contributed by atoms with E-state index in [1.54, 1.807) is 6.08 Å². The Morgan fingerprint density at radius 1 is 1.19 bits per heavy atom. The van der Waals surface area contributed by atoms with Gasteiger partial charge in [-0.3, -0.25) is 4.79 Å². The molecule has 0 bridgehead atoms. The average molecular weight is 437 g/mol. The van der Waals surface area contributed by atoms with Gasteiger partial charge in [-0.05, 0) is 62.2 Å². The van der Waals surface area contributed by atoms with Crippen LogP contribution in [0.2, 0.25) is 0 Å². The second-order valence-corrected chi connectivity index (χ2v) is 10.2. The number of carbonyl (C=O) groups is 2. The van der Waals surface area contributed by atoms with Crippen LogP contribution >= 0.6 is 0 Å². The number of likely N-dealkylation sites (tertiary alicyclic amines) is 1. The van der Waals surface area contributed by atoms with E-state index < -0.39 is 23.7 Å². The van der Waals surface area contributed by atoms with Crippen LogP contribution in [-0.4, -0.2) is 65.6 Å². The minimum atomic E-state index is -0.620. The molecule has 1 aliphatic heterocycles. The third-order valence-corrected chi connectivity index (χ3v) is 8.42. The van der Waals surface area contributed by atoms with Crippen molar-refractivity contribution >= 4 is 12.0 Å². The summed E-state index contributed by atoms with van der Waals surface area (Å²) in [7, 11) is 0. The number of nitrogens with one attached hydrogen (secondary N) is 1. The molecule has 6 atom stereocenters. The zero-order valence-corrected chi connectivity index (χ0v) is 19.1. The van der Waals surface area contributed by atoms with Crippen LogP contribution in [0, 0.1) is 22.7 Å². The molecule has 0 unspecified atom stereocenters. The standard InChI is InChI=1S/C24H40N2O5/c1-4-12-25-22(30)31-20-10-11-23(2)17(15-21(29)26-13-6-5-7-14-26)18(28)8-9-19(23)24(20,3)16-27/h4,17-20,27-28H,1,5-16H2,2-3H3,(H,25,30)/t17-,18-,19+,20-,23+,24+/m1/s1. The van der Waals surface area contributed by atoms with E-state index in [0.29, 0.717) is 25.8 Å². The maximum absolute atomic E-state index is 13.0. The van der Waals surface area contributed by atoms with Gasteiger partial charge in [0.15, 0.2) is 0 Å². The SMILES string of the molecule is C=CCNC(=O)O[C@@H]1CC[C@]2(C)[C@H](CC[C@@H](O)[C@H]2CC(=O)N2CCCCC2)[C@]1(C)CO. The molecule has 0 aromatic rings. The van der Waals surface area contributed by atoms with Gasteiger partial charge in [0.1, 0.15) is 6.10 Å². The predicted molar refractivity (Wildman–Crippen MR) is 118 cm³/mol. The minimum absolute atomic E-state index is 0.0542. The Kier molecular flexibility index (Phi) is 7.68. The summed E-state index contributed by atoms with van der Waals surface area (Å²) in [6.07, 6.45) is 6.49. The number of aliphatic hydroxyl groups excluding tert-OH is 2. The fourth-order valence-electron chi connectivity index (χ4n) is 6.57. The summed E-state index contributed by atoms with van der Waals surface area (Å²) in [4.78, 5) is 27.2. The van der Waals surface area contributed by atoms with Crippen molar-refractivity contribution in [3.8, 4) is 0 Å². The van der Waals surface area contributed by atoms with Gasteiger partial charge in [-0.2, -0.15) is 0 Å². The topological polar surface area (TPSA) is 99.1 Å². The van der Waals surface area contributed by atoms with Gasteiger partial charge in [-0.25, -0.2) is 4.79 Å². The number of amides is 2. The van der Waals surface area contributed by atoms with Crippen molar-refractivity contribution in [2.24, 2.45) is 22.7 Å². The van der Waals surface area contributed by atoms with Crippen molar-refractivity contribution in [3.63, 3.8) is 0 Å². The fraction of sp³-hybridized carbons (Fsp3) is 0.833. The molecule has 3 aliphatic rings. The second kappa shape index (κ2) is 9.90. The van der Waals surface area contributed by atoms with E-state index in [0.717, 1.165) is 38.8 Å². The number of piperidine rings is 1. The molecule has 3 fully saturated rings. The lowest BCUT2D eigenvalue weighted by atomic mass is 9.46. The lowest BCUT2D eigenvalue weighted by molar-refractivity contribution is -0.187. The molecule has 2 saturated carbocycles. The number of nitrogens with zero attached hydrogens (tertiary/aromatic N) is 1. The highest BCUT2D eigenvalue weighted by Crippen LogP contribution is 2.61. The van der Waals surface area contributed by atoms with Crippen LogP contribution in [0.5, 0.6) is 0 Å². The van der Waals surface area contributed by atoms with E-state index in [2.05, 4.69) is 18.8 Å². The van der Waals surface area contributed by atoms with Crippen LogP contribution in [0.3, 0.4) is 0 Å². The highest BCUT2D eigenvalue weighted by Gasteiger charge is 2.60. The highest BCUT2D eigenvalue weighted by molar-refractivity contribution is 5.76. The number of hydrogen-bond donors (Lipinski definition) is 3. The van der Waals surface area contributed by atoms with Crippen molar-refractivity contribution in [1.29, 1.82) is 0 Å². The third kappa shape index (κ3) is 4.77. The quantitative estimate of drug-likeness (QED) is 0.556. The van der Waals surface area contributed by atoms with Gasteiger partial charge in [0, 0.05) is 31.5 Å². The number of aliphatic hydroxyl groups is 2. The van der Waals surface area contributed by atoms with Crippen LogP contribution in [0.1, 0.15) is 65.2 Å². The minimum Gasteiger partial charge on any atom is -0.446 e. The van der Waals surface area contributed by atoms with Crippen LogP contribution in [0.15, 0.2) is 12.7 Å². The molecule has 7 nitrogen and oxygen atoms in total. The molecule has 2 amide bonds. The fourth-order valence-corrected chi connectivity index (χ4v) is 6.57. The van der Waals surface area contributed by atoms with Gasteiger partial charge >= 0.3 is 6.09 Å². The number of fused-ring (bicyclic) bond motifs is 1. The molecule has 0 aromatic heterocycles. The van der Waals surface area contributed by atoms with Gasteiger partial charge in [0.2, 0.25) is 5.91 Å². The van der Waals surface area contributed by atoms with Crippen LogP contribution in [0.4, 0.5) is 4.79 Å². The molecule has 3 N–H and O–H groups in total. The maximum Gasteiger partial charge on any atom is 0.407 e. The second-order valence-electron chi connectivity index (χ2n) is 10.2. The highest BCUT2D eigenvalue weighted by atomic mass is 16.6. The van der Waals surface area contributed by atoms with Crippen molar-refractivity contribution in [1.82, 2.24) is 10.2 Å². The first kappa shape index (κ1) is 24.1. The Hall–Kier alpha value is -1.60. The maximum atomic E-state index is 13.0. The van der Waals surface area contributed by atoms with Gasteiger partial charge in [-0.15, -0.1) is 6.58 Å². The number of carbonyl (C=O) groups excluding carboxylic acids is 2. The molecule has 0 spiro atoms. The first-order valence-electron chi connectivity index (χ1n) is 11.9. The van der Waals surface area contributed by atoms with Crippen LogP contribution < -0.4 is 5.32 Å². The monoisotopic (exact) mass is 436 g/mol. The molecule has 1 heterocycles. The van der Waals surface area contributed by atoms with Crippen molar-refractivity contribution < 1.29 is 24.5 Å². The summed E-state index contributed by atoms with van der Waals surface area (Å²) < 4.78 is 5.74. The molecule has 7 heteroatoms. The Bertz CT molecular complexity index is 664. The number of hydrogen-bond acceptors (Lipinski definition) is 5. The lowest BCUT2D eigenvalue weighted by Gasteiger charge is -2.60. The number of rotatable bonds is 6. The zero-order chi connectivity index (χ0) is 22.6. The molecule has 2 aliphatic carbocycles. The first-order valence-corrected chi connectivity index (χ1v) is 11.9. The lowest BCUT2D eigenvalue weighted by Crippen LogP contribution is -2.61. The van der Waals surface area contributed by atoms with E-state index in [1.165, 1.54) is 6.42 Å². The summed E-state index contributed by atoms with van der Waals surface area (Å²) >= 11 is 0. The smallest absolute Gasteiger partial charge is 0.407 e. The first-order chi connectivity index (χ1) is 14.8. The summed E-state index contributed by atoms with van der Waals surface area (Å²) in [5, 5.41) is 24.0. The summed E-state index contributed by atoms with van der Waals surface area (Å²) in [6, 6.07) is 0. The van der Waals surface area contributed by atoms with Crippen molar-refractivity contribution in [3.05, 3.63) is 12.7 Å². The van der Waals surface area contributed by atoms with Crippen molar-refractivity contribution in [2.45, 2.75) is 77.4 Å². The molecule has 176 valence electrons. The van der Waals surface area contributed by atoms with Gasteiger partial charge in [-0.1, -0.05) is 19.9 Å². The Morgan fingerprint density at radius 2 is 1.90 bits per heavy atom. The number of alkyl carbamates (subject to hydrolysis) is 1. The Morgan fingerprint density at radius 3 is 2.55 bits per heavy atom. The predicted octanol–water partition coefficient (Wildman–Crippen LogP) is 2.86. The summed E-state index contributed by atoms with van der Waals surface area (Å²) in [5.41, 5.74) is -0.914. The summed E-state index contributed by atoms with van der Waals surface area (Å²) in [6.45, 7) is 9.60. The zero-order valence-electron chi connectivity index (χ0n) is 19.1. The Balaban J connectivity index is 1.78. The largest absolute Gasteiger partial charge is 0.446 e.